The molecule has 1 atom stereocenters. The number of benzene rings is 1. The van der Waals surface area contributed by atoms with Crippen LogP contribution in [0.25, 0.3) is 0 Å². The van der Waals surface area contributed by atoms with Crippen LogP contribution in [0.5, 0.6) is 0 Å². The average molecular weight is 383 g/mol. The highest BCUT2D eigenvalue weighted by atomic mass is 35.5. The Bertz CT molecular complexity index is 756. The SMILES string of the molecule is Cl.NC1(c2noc(C3CC(=O)N(c4ccc(Cl)cc4)C3)n2)CCCC1. The third-order valence-corrected chi connectivity index (χ3v) is 5.25. The van der Waals surface area contributed by atoms with E-state index in [2.05, 4.69) is 10.1 Å². The fourth-order valence-electron chi connectivity index (χ4n) is 3.58. The van der Waals surface area contributed by atoms with Gasteiger partial charge in [0.25, 0.3) is 0 Å². The number of amides is 1. The number of aromatic nitrogens is 2. The molecule has 2 heterocycles. The van der Waals surface area contributed by atoms with Gasteiger partial charge in [-0.05, 0) is 37.1 Å². The molecular formula is C17H20Cl2N4O2. The Balaban J connectivity index is 0.00000182. The number of carbonyl (C=O) groups excluding carboxylic acids is 1. The van der Waals surface area contributed by atoms with Crippen LogP contribution in [0.1, 0.15) is 49.7 Å². The van der Waals surface area contributed by atoms with E-state index in [1.54, 1.807) is 17.0 Å². The summed E-state index contributed by atoms with van der Waals surface area (Å²) in [5, 5.41) is 4.74. The first-order valence-electron chi connectivity index (χ1n) is 8.24. The van der Waals surface area contributed by atoms with Crippen LogP contribution in [0.2, 0.25) is 5.02 Å². The number of nitrogens with two attached hydrogens (primary N) is 1. The molecule has 4 rings (SSSR count). The molecule has 1 amide bonds. The Hall–Kier alpha value is -1.63. The second kappa shape index (κ2) is 6.94. The van der Waals surface area contributed by atoms with Gasteiger partial charge >= 0.3 is 0 Å². The zero-order valence-electron chi connectivity index (χ0n) is 13.7. The Morgan fingerprint density at radius 2 is 1.92 bits per heavy atom. The van der Waals surface area contributed by atoms with Gasteiger partial charge in [0.1, 0.15) is 0 Å². The van der Waals surface area contributed by atoms with Gasteiger partial charge in [0.15, 0.2) is 5.82 Å². The van der Waals surface area contributed by atoms with Crippen LogP contribution >= 0.6 is 24.0 Å². The molecular weight excluding hydrogens is 363 g/mol. The van der Waals surface area contributed by atoms with E-state index in [4.69, 9.17) is 21.9 Å². The zero-order valence-corrected chi connectivity index (χ0v) is 15.2. The molecule has 2 aromatic rings. The van der Waals surface area contributed by atoms with Gasteiger partial charge in [-0.3, -0.25) is 4.79 Å². The van der Waals surface area contributed by atoms with Crippen molar-refractivity contribution in [1.29, 1.82) is 0 Å². The van der Waals surface area contributed by atoms with Gasteiger partial charge in [-0.25, -0.2) is 0 Å². The first-order valence-corrected chi connectivity index (χ1v) is 8.62. The van der Waals surface area contributed by atoms with Crippen LogP contribution in [0.4, 0.5) is 5.69 Å². The summed E-state index contributed by atoms with van der Waals surface area (Å²) in [6.45, 7) is 0.527. The molecule has 1 aliphatic carbocycles. The summed E-state index contributed by atoms with van der Waals surface area (Å²) >= 11 is 5.91. The van der Waals surface area contributed by atoms with E-state index in [-0.39, 0.29) is 24.2 Å². The van der Waals surface area contributed by atoms with E-state index < -0.39 is 5.54 Å². The Morgan fingerprint density at radius 1 is 1.24 bits per heavy atom. The standard InChI is InChI=1S/C17H19ClN4O2.ClH/c18-12-3-5-13(6-4-12)22-10-11(9-14(22)23)15-20-16(21-24-15)17(19)7-1-2-8-17;/h3-6,11H,1-2,7-10,19H2;1H. The molecule has 134 valence electrons. The molecule has 0 radical (unpaired) electrons. The first kappa shape index (κ1) is 18.2. The molecule has 2 fully saturated rings. The van der Waals surface area contributed by atoms with Gasteiger partial charge in [-0.15, -0.1) is 12.4 Å². The van der Waals surface area contributed by atoms with Crippen LogP contribution in [0.3, 0.4) is 0 Å². The number of rotatable bonds is 3. The number of carbonyl (C=O) groups is 1. The fourth-order valence-corrected chi connectivity index (χ4v) is 3.70. The van der Waals surface area contributed by atoms with Gasteiger partial charge in [-0.2, -0.15) is 4.98 Å². The van der Waals surface area contributed by atoms with Gasteiger partial charge in [0, 0.05) is 23.7 Å². The smallest absolute Gasteiger partial charge is 0.232 e. The van der Waals surface area contributed by atoms with E-state index >= 15 is 0 Å². The van der Waals surface area contributed by atoms with Gasteiger partial charge in [0.05, 0.1) is 11.5 Å². The van der Waals surface area contributed by atoms with E-state index in [1.165, 1.54) is 0 Å². The quantitative estimate of drug-likeness (QED) is 0.878. The van der Waals surface area contributed by atoms with Crippen molar-refractivity contribution < 1.29 is 9.32 Å². The fraction of sp³-hybridized carbons (Fsp3) is 0.471. The number of anilines is 1. The average Bonchev–Trinajstić information content (AvgIpc) is 3.28. The largest absolute Gasteiger partial charge is 0.339 e. The van der Waals surface area contributed by atoms with Crippen molar-refractivity contribution in [3.63, 3.8) is 0 Å². The highest BCUT2D eigenvalue weighted by Crippen LogP contribution is 2.36. The molecule has 8 heteroatoms. The molecule has 6 nitrogen and oxygen atoms in total. The van der Waals surface area contributed by atoms with Crippen molar-refractivity contribution >= 4 is 35.6 Å². The van der Waals surface area contributed by atoms with Crippen molar-refractivity contribution in [1.82, 2.24) is 10.1 Å². The number of hydrogen-bond acceptors (Lipinski definition) is 5. The lowest BCUT2D eigenvalue weighted by Gasteiger charge is -2.18. The van der Waals surface area contributed by atoms with Crippen LogP contribution in [-0.2, 0) is 10.3 Å². The normalized spacial score (nSPS) is 22.2. The molecule has 1 aliphatic heterocycles. The Morgan fingerprint density at radius 3 is 2.60 bits per heavy atom. The molecule has 25 heavy (non-hydrogen) atoms. The van der Waals surface area contributed by atoms with Crippen molar-refractivity contribution in [3.05, 3.63) is 41.0 Å². The number of nitrogens with zero attached hydrogens (tertiary/aromatic N) is 3. The van der Waals surface area contributed by atoms with E-state index in [9.17, 15) is 4.79 Å². The predicted octanol–water partition coefficient (Wildman–Crippen LogP) is 3.39. The van der Waals surface area contributed by atoms with E-state index in [0.29, 0.717) is 29.7 Å². The van der Waals surface area contributed by atoms with Crippen LogP contribution in [0.15, 0.2) is 28.8 Å². The minimum Gasteiger partial charge on any atom is -0.339 e. The van der Waals surface area contributed by atoms with Crippen molar-refractivity contribution in [2.75, 3.05) is 11.4 Å². The molecule has 2 N–H and O–H groups in total. The number of hydrogen-bond donors (Lipinski definition) is 1. The zero-order chi connectivity index (χ0) is 16.7. The molecule has 1 saturated heterocycles. The van der Waals surface area contributed by atoms with Crippen LogP contribution in [0, 0.1) is 0 Å². The maximum Gasteiger partial charge on any atom is 0.232 e. The Labute approximate surface area is 157 Å². The second-order valence-corrected chi connectivity index (χ2v) is 7.14. The lowest BCUT2D eigenvalue weighted by molar-refractivity contribution is -0.117. The van der Waals surface area contributed by atoms with Crippen molar-refractivity contribution in [2.45, 2.75) is 43.6 Å². The topological polar surface area (TPSA) is 85.2 Å². The lowest BCUT2D eigenvalue weighted by atomic mass is 9.98. The molecule has 1 saturated carbocycles. The second-order valence-electron chi connectivity index (χ2n) is 6.70. The molecule has 1 aromatic heterocycles. The summed E-state index contributed by atoms with van der Waals surface area (Å²) in [4.78, 5) is 18.6. The predicted molar refractivity (Wildman–Crippen MR) is 97.0 cm³/mol. The summed E-state index contributed by atoms with van der Waals surface area (Å²) < 4.78 is 5.44. The summed E-state index contributed by atoms with van der Waals surface area (Å²) in [7, 11) is 0. The minimum atomic E-state index is -0.472. The molecule has 0 bridgehead atoms. The maximum absolute atomic E-state index is 12.3. The number of halogens is 2. The summed E-state index contributed by atoms with van der Waals surface area (Å²) in [6, 6.07) is 7.24. The van der Waals surface area contributed by atoms with Crippen molar-refractivity contribution in [3.8, 4) is 0 Å². The van der Waals surface area contributed by atoms with Crippen LogP contribution in [-0.4, -0.2) is 22.6 Å². The monoisotopic (exact) mass is 382 g/mol. The van der Waals surface area contributed by atoms with Gasteiger partial charge < -0.3 is 15.2 Å². The summed E-state index contributed by atoms with van der Waals surface area (Å²) in [6.07, 6.45) is 4.31. The summed E-state index contributed by atoms with van der Waals surface area (Å²) in [5.41, 5.74) is 6.74. The van der Waals surface area contributed by atoms with Gasteiger partial charge in [-0.1, -0.05) is 29.6 Å². The molecule has 1 aromatic carbocycles. The molecule has 2 aliphatic rings. The van der Waals surface area contributed by atoms with E-state index in [0.717, 1.165) is 31.4 Å². The highest BCUT2D eigenvalue weighted by molar-refractivity contribution is 6.30. The van der Waals surface area contributed by atoms with E-state index in [1.807, 2.05) is 12.1 Å². The third-order valence-electron chi connectivity index (χ3n) is 5.00. The first-order chi connectivity index (χ1) is 11.5. The minimum absolute atomic E-state index is 0. The van der Waals surface area contributed by atoms with Crippen LogP contribution < -0.4 is 10.6 Å². The Kier molecular flexibility index (Phi) is 5.04. The maximum atomic E-state index is 12.3. The lowest BCUT2D eigenvalue weighted by Crippen LogP contribution is -2.34. The summed E-state index contributed by atoms with van der Waals surface area (Å²) in [5.74, 6) is 1.03. The molecule has 1 unspecified atom stereocenters. The highest BCUT2D eigenvalue weighted by Gasteiger charge is 2.39. The van der Waals surface area contributed by atoms with Crippen molar-refractivity contribution in [2.24, 2.45) is 5.73 Å². The van der Waals surface area contributed by atoms with Gasteiger partial charge in [0.2, 0.25) is 11.8 Å². The third kappa shape index (κ3) is 3.38. The molecule has 0 spiro atoms.